The molecule has 1 fully saturated rings. The van der Waals surface area contributed by atoms with Crippen LogP contribution in [-0.2, 0) is 27.8 Å². The Hall–Kier alpha value is -1.66. The second-order valence-electron chi connectivity index (χ2n) is 5.52. The lowest BCUT2D eigenvalue weighted by Gasteiger charge is -2.24. The van der Waals surface area contributed by atoms with Gasteiger partial charge in [0.25, 0.3) is 0 Å². The summed E-state index contributed by atoms with van der Waals surface area (Å²) >= 11 is 0. The summed E-state index contributed by atoms with van der Waals surface area (Å²) in [6.45, 7) is 0.106. The summed E-state index contributed by atoms with van der Waals surface area (Å²) in [5, 5.41) is 0. The molecule has 0 spiro atoms. The third-order valence-corrected chi connectivity index (χ3v) is 5.01. The van der Waals surface area contributed by atoms with Crippen molar-refractivity contribution < 1.29 is 32.7 Å². The van der Waals surface area contributed by atoms with Crippen molar-refractivity contribution in [3.63, 3.8) is 0 Å². The molecule has 144 valence electrons. The van der Waals surface area contributed by atoms with Crippen LogP contribution in [0.4, 0.5) is 5.82 Å². The molecule has 0 aliphatic carbocycles. The van der Waals surface area contributed by atoms with E-state index in [0.29, 0.717) is 11.2 Å². The number of imidazole rings is 1. The van der Waals surface area contributed by atoms with E-state index in [2.05, 4.69) is 19.5 Å². The predicted octanol–water partition coefficient (Wildman–Crippen LogP) is 0.0993. The van der Waals surface area contributed by atoms with Gasteiger partial charge >= 0.3 is 7.82 Å². The van der Waals surface area contributed by atoms with E-state index >= 15 is 0 Å². The van der Waals surface area contributed by atoms with Crippen LogP contribution < -0.4 is 5.73 Å². The highest BCUT2D eigenvalue weighted by Crippen LogP contribution is 2.48. The van der Waals surface area contributed by atoms with Gasteiger partial charge in [-0.25, -0.2) is 19.5 Å². The zero-order valence-corrected chi connectivity index (χ0v) is 15.3. The summed E-state index contributed by atoms with van der Waals surface area (Å²) < 4.78 is 39.8. The van der Waals surface area contributed by atoms with Gasteiger partial charge in [-0.15, -0.1) is 0 Å². The Morgan fingerprint density at radius 1 is 1.31 bits per heavy atom. The summed E-state index contributed by atoms with van der Waals surface area (Å²) in [7, 11) is -0.294. The van der Waals surface area contributed by atoms with Crippen LogP contribution in [0.1, 0.15) is 6.23 Å². The molecule has 0 amide bonds. The molecule has 2 aromatic heterocycles. The van der Waals surface area contributed by atoms with E-state index in [9.17, 15) is 9.46 Å². The second kappa shape index (κ2) is 7.53. The fourth-order valence-corrected chi connectivity index (χ4v) is 3.51. The maximum atomic E-state index is 11.9. The van der Waals surface area contributed by atoms with Crippen LogP contribution in [-0.4, -0.2) is 70.7 Å². The van der Waals surface area contributed by atoms with Crippen LogP contribution in [0.15, 0.2) is 12.7 Å². The highest BCUT2D eigenvalue weighted by Gasteiger charge is 2.50. The minimum absolute atomic E-state index is 0.106. The zero-order chi connectivity index (χ0) is 18.9. The molecular formula is C13H20N5O7P. The average molecular weight is 389 g/mol. The standard InChI is InChI=1S/C13H20N5O7P/c1-21-4-7-9(25-26(19,20)23-3)10(22-2)13(24-7)18-6-17-8-11(14)15-5-16-12(8)18/h5-7,9-10,13H,4H2,1-3H3,(H,19,20)(H2,14,15,16)/t7-,9?,10+,13-/m1/s1. The van der Waals surface area contributed by atoms with Crippen molar-refractivity contribution in [3.8, 4) is 0 Å². The van der Waals surface area contributed by atoms with Crippen molar-refractivity contribution in [3.05, 3.63) is 12.7 Å². The van der Waals surface area contributed by atoms with Crippen LogP contribution in [0, 0.1) is 0 Å². The van der Waals surface area contributed by atoms with E-state index in [1.165, 1.54) is 26.9 Å². The third-order valence-electron chi connectivity index (χ3n) is 4.04. The van der Waals surface area contributed by atoms with Crippen molar-refractivity contribution in [1.29, 1.82) is 0 Å². The van der Waals surface area contributed by atoms with Crippen molar-refractivity contribution in [2.24, 2.45) is 0 Å². The molecule has 0 bridgehead atoms. The first kappa shape index (κ1) is 19.1. The predicted molar refractivity (Wildman–Crippen MR) is 88.0 cm³/mol. The van der Waals surface area contributed by atoms with Gasteiger partial charge in [0.15, 0.2) is 17.7 Å². The fraction of sp³-hybridized carbons (Fsp3) is 0.615. The number of aromatic nitrogens is 4. The molecule has 3 rings (SSSR count). The maximum absolute atomic E-state index is 11.9. The van der Waals surface area contributed by atoms with E-state index in [1.54, 1.807) is 4.57 Å². The Labute approximate surface area is 148 Å². The van der Waals surface area contributed by atoms with E-state index in [4.69, 9.17) is 24.5 Å². The number of hydrogen-bond acceptors (Lipinski definition) is 10. The quantitative estimate of drug-likeness (QED) is 0.620. The number of ether oxygens (including phenoxy) is 3. The average Bonchev–Trinajstić information content (AvgIpc) is 3.17. The van der Waals surface area contributed by atoms with E-state index in [1.807, 2.05) is 0 Å². The molecule has 2 aromatic rings. The number of nitrogens with two attached hydrogens (primary N) is 1. The fourth-order valence-electron chi connectivity index (χ4n) is 2.86. The number of fused-ring (bicyclic) bond motifs is 1. The first-order valence-electron chi connectivity index (χ1n) is 7.59. The monoisotopic (exact) mass is 389 g/mol. The molecule has 1 saturated heterocycles. The van der Waals surface area contributed by atoms with Gasteiger partial charge < -0.3 is 24.8 Å². The van der Waals surface area contributed by atoms with Gasteiger partial charge in [-0.05, 0) is 0 Å². The largest absolute Gasteiger partial charge is 0.472 e. The molecule has 0 aromatic carbocycles. The SMILES string of the molecule is COC[C@H]1O[C@@H](n2cnc3c(N)ncnc32)[C@@H](OC)C1OP(=O)(O)OC. The third kappa shape index (κ3) is 3.45. The Kier molecular flexibility index (Phi) is 5.53. The molecule has 12 nitrogen and oxygen atoms in total. The van der Waals surface area contributed by atoms with Crippen LogP contribution in [0.2, 0.25) is 0 Å². The number of hydrogen-bond donors (Lipinski definition) is 2. The zero-order valence-electron chi connectivity index (χ0n) is 14.4. The lowest BCUT2D eigenvalue weighted by molar-refractivity contribution is -0.0630. The number of phosphoric acid groups is 1. The molecule has 13 heteroatoms. The van der Waals surface area contributed by atoms with Crippen LogP contribution in [0.5, 0.6) is 0 Å². The summed E-state index contributed by atoms with van der Waals surface area (Å²) in [5.74, 6) is 0.223. The molecule has 0 radical (unpaired) electrons. The Morgan fingerprint density at radius 3 is 2.73 bits per heavy atom. The topological polar surface area (TPSA) is 153 Å². The number of phosphoric ester groups is 1. The summed E-state index contributed by atoms with van der Waals surface area (Å²) in [6.07, 6.45) is -0.353. The Bertz CT molecular complexity index is 817. The number of methoxy groups -OCH3 is 2. The van der Waals surface area contributed by atoms with Gasteiger partial charge in [0.1, 0.15) is 30.2 Å². The first-order chi connectivity index (χ1) is 12.4. The highest BCUT2D eigenvalue weighted by atomic mass is 31.2. The molecule has 26 heavy (non-hydrogen) atoms. The smallest absolute Gasteiger partial charge is 0.382 e. The number of anilines is 1. The first-order valence-corrected chi connectivity index (χ1v) is 9.08. The van der Waals surface area contributed by atoms with Crippen LogP contribution in [0.3, 0.4) is 0 Å². The van der Waals surface area contributed by atoms with Crippen LogP contribution in [0.25, 0.3) is 11.2 Å². The lowest BCUT2D eigenvalue weighted by Crippen LogP contribution is -2.37. The van der Waals surface area contributed by atoms with Gasteiger partial charge in [-0.2, -0.15) is 0 Å². The summed E-state index contributed by atoms with van der Waals surface area (Å²) in [6, 6.07) is 0. The number of rotatable bonds is 7. The van der Waals surface area contributed by atoms with Crippen LogP contribution >= 0.6 is 7.82 Å². The number of nitrogen functional groups attached to an aromatic ring is 1. The van der Waals surface area contributed by atoms with Crippen molar-refractivity contribution >= 4 is 24.8 Å². The minimum Gasteiger partial charge on any atom is -0.382 e. The Morgan fingerprint density at radius 2 is 2.08 bits per heavy atom. The normalized spacial score (nSPS) is 28.5. The van der Waals surface area contributed by atoms with Gasteiger partial charge in [0, 0.05) is 21.3 Å². The van der Waals surface area contributed by atoms with E-state index in [-0.39, 0.29) is 12.4 Å². The van der Waals surface area contributed by atoms with Gasteiger partial charge in [0.05, 0.1) is 12.9 Å². The molecular weight excluding hydrogens is 369 g/mol. The summed E-state index contributed by atoms with van der Waals surface area (Å²) in [5.41, 5.74) is 6.65. The molecule has 3 heterocycles. The molecule has 2 unspecified atom stereocenters. The molecule has 3 N–H and O–H groups in total. The van der Waals surface area contributed by atoms with E-state index in [0.717, 1.165) is 7.11 Å². The maximum Gasteiger partial charge on any atom is 0.472 e. The molecule has 0 saturated carbocycles. The molecule has 1 aliphatic rings. The second-order valence-corrected chi connectivity index (χ2v) is 7.04. The van der Waals surface area contributed by atoms with Gasteiger partial charge in [-0.1, -0.05) is 0 Å². The van der Waals surface area contributed by atoms with Gasteiger partial charge in [0.2, 0.25) is 0 Å². The molecule has 5 atom stereocenters. The van der Waals surface area contributed by atoms with Crippen molar-refractivity contribution in [1.82, 2.24) is 19.5 Å². The van der Waals surface area contributed by atoms with E-state index < -0.39 is 32.4 Å². The van der Waals surface area contributed by atoms with Gasteiger partial charge in [-0.3, -0.25) is 13.6 Å². The lowest BCUT2D eigenvalue weighted by atomic mass is 10.1. The Balaban J connectivity index is 1.98. The van der Waals surface area contributed by atoms with Crippen molar-refractivity contribution in [2.75, 3.05) is 33.7 Å². The highest BCUT2D eigenvalue weighted by molar-refractivity contribution is 7.47. The minimum atomic E-state index is -4.28. The summed E-state index contributed by atoms with van der Waals surface area (Å²) in [4.78, 5) is 22.0. The van der Waals surface area contributed by atoms with Crippen molar-refractivity contribution in [2.45, 2.75) is 24.5 Å². The molecule has 1 aliphatic heterocycles. The number of nitrogens with zero attached hydrogens (tertiary/aromatic N) is 4.